The van der Waals surface area contributed by atoms with Crippen LogP contribution in [0.2, 0.25) is 0 Å². The number of H-pyrrole nitrogens is 1. The van der Waals surface area contributed by atoms with Crippen LogP contribution < -0.4 is 9.64 Å². The molecule has 0 radical (unpaired) electrons. The van der Waals surface area contributed by atoms with Gasteiger partial charge in [0.25, 0.3) is 0 Å². The molecule has 4 rings (SSSR count). The van der Waals surface area contributed by atoms with E-state index in [-0.39, 0.29) is 5.91 Å². The van der Waals surface area contributed by atoms with Gasteiger partial charge in [-0.15, -0.1) is 0 Å². The van der Waals surface area contributed by atoms with E-state index in [2.05, 4.69) is 17.1 Å². The fraction of sp³-hybridized carbons (Fsp3) is 0.250. The Bertz CT molecular complexity index is 883. The van der Waals surface area contributed by atoms with E-state index in [1.54, 1.807) is 7.11 Å². The summed E-state index contributed by atoms with van der Waals surface area (Å²) in [5.41, 5.74) is 4.23. The Balaban J connectivity index is 1.67. The van der Waals surface area contributed by atoms with Crippen molar-refractivity contribution in [1.29, 1.82) is 0 Å². The first-order chi connectivity index (χ1) is 11.8. The van der Waals surface area contributed by atoms with Crippen molar-refractivity contribution in [3.05, 3.63) is 59.8 Å². The van der Waals surface area contributed by atoms with Gasteiger partial charge in [-0.1, -0.05) is 30.3 Å². The molecule has 0 saturated carbocycles. The van der Waals surface area contributed by atoms with Crippen LogP contribution in [0.1, 0.15) is 17.5 Å². The maximum absolute atomic E-state index is 13.0. The molecule has 2 heterocycles. The average Bonchev–Trinajstić information content (AvgIpc) is 3.03. The number of nitrogens with zero attached hydrogens (tertiary/aromatic N) is 1. The van der Waals surface area contributed by atoms with E-state index in [4.69, 9.17) is 4.74 Å². The van der Waals surface area contributed by atoms with E-state index >= 15 is 0 Å². The Kier molecular flexibility index (Phi) is 3.73. The molecule has 4 nitrogen and oxygen atoms in total. The summed E-state index contributed by atoms with van der Waals surface area (Å²) < 4.78 is 5.50. The Morgan fingerprint density at radius 1 is 1.21 bits per heavy atom. The molecule has 1 N–H and O–H groups in total. The molecule has 4 heteroatoms. The standard InChI is InChI=1S/C20H20N2O2/c1-24-18-10-4-6-14-7-5-11-22(20(14)18)19(23)12-15-13-21-17-9-3-2-8-16(15)17/h2-4,6,8-10,13,21H,5,7,11-12H2,1H3. The largest absolute Gasteiger partial charge is 0.495 e. The minimum absolute atomic E-state index is 0.116. The maximum Gasteiger partial charge on any atom is 0.231 e. The SMILES string of the molecule is COc1cccc2c1N(C(=O)Cc1c[nH]c3ccccc13)CCC2. The third-order valence-corrected chi connectivity index (χ3v) is 4.72. The Hall–Kier alpha value is -2.75. The van der Waals surface area contributed by atoms with Gasteiger partial charge in [-0.25, -0.2) is 0 Å². The lowest BCUT2D eigenvalue weighted by Crippen LogP contribution is -2.36. The van der Waals surface area contributed by atoms with E-state index in [0.29, 0.717) is 6.42 Å². The van der Waals surface area contributed by atoms with E-state index in [0.717, 1.165) is 47.3 Å². The maximum atomic E-state index is 13.0. The molecule has 0 saturated heterocycles. The van der Waals surface area contributed by atoms with Gasteiger partial charge in [0, 0.05) is 23.6 Å². The quantitative estimate of drug-likeness (QED) is 0.800. The number of fused-ring (bicyclic) bond motifs is 2. The number of ether oxygens (including phenoxy) is 1. The molecule has 1 aliphatic rings. The number of aromatic amines is 1. The highest BCUT2D eigenvalue weighted by Gasteiger charge is 2.26. The lowest BCUT2D eigenvalue weighted by Gasteiger charge is -2.31. The fourth-order valence-corrected chi connectivity index (χ4v) is 3.57. The monoisotopic (exact) mass is 320 g/mol. The van der Waals surface area contributed by atoms with Crippen LogP contribution in [0.25, 0.3) is 10.9 Å². The van der Waals surface area contributed by atoms with Crippen LogP contribution in [0.15, 0.2) is 48.7 Å². The van der Waals surface area contributed by atoms with Crippen molar-refractivity contribution in [1.82, 2.24) is 4.98 Å². The van der Waals surface area contributed by atoms with E-state index < -0.39 is 0 Å². The summed E-state index contributed by atoms with van der Waals surface area (Å²) in [6.07, 6.45) is 4.31. The van der Waals surface area contributed by atoms with Crippen LogP contribution in [0, 0.1) is 0 Å². The Morgan fingerprint density at radius 3 is 2.96 bits per heavy atom. The van der Waals surface area contributed by atoms with Crippen molar-refractivity contribution < 1.29 is 9.53 Å². The zero-order valence-electron chi connectivity index (χ0n) is 13.7. The molecule has 0 bridgehead atoms. The van der Waals surface area contributed by atoms with Crippen LogP contribution in [0.3, 0.4) is 0 Å². The number of nitrogens with one attached hydrogen (secondary N) is 1. The minimum atomic E-state index is 0.116. The highest BCUT2D eigenvalue weighted by Crippen LogP contribution is 2.36. The molecule has 1 amide bonds. The van der Waals surface area contributed by atoms with E-state index in [9.17, 15) is 4.79 Å². The highest BCUT2D eigenvalue weighted by atomic mass is 16.5. The second-order valence-corrected chi connectivity index (χ2v) is 6.15. The molecule has 3 aromatic rings. The van der Waals surface area contributed by atoms with E-state index in [1.165, 1.54) is 5.56 Å². The number of aromatic nitrogens is 1. The lowest BCUT2D eigenvalue weighted by molar-refractivity contribution is -0.118. The number of amides is 1. The summed E-state index contributed by atoms with van der Waals surface area (Å²) >= 11 is 0. The molecule has 0 atom stereocenters. The first-order valence-electron chi connectivity index (χ1n) is 8.29. The molecule has 122 valence electrons. The van der Waals surface area contributed by atoms with Crippen LogP contribution in [-0.4, -0.2) is 24.5 Å². The van der Waals surface area contributed by atoms with Crippen molar-refractivity contribution in [2.24, 2.45) is 0 Å². The number of hydrogen-bond acceptors (Lipinski definition) is 2. The van der Waals surface area contributed by atoms with Gasteiger partial charge in [-0.2, -0.15) is 0 Å². The van der Waals surface area contributed by atoms with Gasteiger partial charge < -0.3 is 14.6 Å². The van der Waals surface area contributed by atoms with Gasteiger partial charge in [0.2, 0.25) is 5.91 Å². The molecule has 0 fully saturated rings. The minimum Gasteiger partial charge on any atom is -0.495 e. The normalized spacial score (nSPS) is 13.8. The van der Waals surface area contributed by atoms with Crippen LogP contribution in [0.4, 0.5) is 5.69 Å². The summed E-state index contributed by atoms with van der Waals surface area (Å²) in [7, 11) is 1.66. The van der Waals surface area contributed by atoms with Crippen LogP contribution in [0.5, 0.6) is 5.75 Å². The number of carbonyl (C=O) groups excluding carboxylic acids is 1. The first kappa shape index (κ1) is 14.8. The third-order valence-electron chi connectivity index (χ3n) is 4.72. The summed E-state index contributed by atoms with van der Waals surface area (Å²) in [6, 6.07) is 14.1. The predicted molar refractivity (Wildman–Crippen MR) is 95.7 cm³/mol. The summed E-state index contributed by atoms with van der Waals surface area (Å²) in [6.45, 7) is 0.745. The Labute approximate surface area is 141 Å². The summed E-state index contributed by atoms with van der Waals surface area (Å²) in [5.74, 6) is 0.893. The fourth-order valence-electron chi connectivity index (χ4n) is 3.57. The van der Waals surface area contributed by atoms with Gasteiger partial charge in [0.05, 0.1) is 19.2 Å². The van der Waals surface area contributed by atoms with Gasteiger partial charge in [0.1, 0.15) is 5.75 Å². The third kappa shape index (κ3) is 2.44. The summed E-state index contributed by atoms with van der Waals surface area (Å²) in [4.78, 5) is 18.1. The zero-order chi connectivity index (χ0) is 16.5. The molecule has 24 heavy (non-hydrogen) atoms. The number of aryl methyl sites for hydroxylation is 1. The van der Waals surface area contributed by atoms with Crippen LogP contribution in [-0.2, 0) is 17.6 Å². The van der Waals surface area contributed by atoms with Crippen LogP contribution >= 0.6 is 0 Å². The average molecular weight is 320 g/mol. The number of benzene rings is 2. The first-order valence-corrected chi connectivity index (χ1v) is 8.29. The van der Waals surface area contributed by atoms with Crippen molar-refractivity contribution in [2.75, 3.05) is 18.6 Å². The van der Waals surface area contributed by atoms with Gasteiger partial charge in [-0.05, 0) is 36.1 Å². The Morgan fingerprint density at radius 2 is 2.08 bits per heavy atom. The molecular formula is C20H20N2O2. The van der Waals surface area contributed by atoms with Crippen molar-refractivity contribution in [3.8, 4) is 5.75 Å². The number of methoxy groups -OCH3 is 1. The van der Waals surface area contributed by atoms with E-state index in [1.807, 2.05) is 41.4 Å². The number of rotatable bonds is 3. The molecule has 0 spiro atoms. The second-order valence-electron chi connectivity index (χ2n) is 6.15. The van der Waals surface area contributed by atoms with Crippen molar-refractivity contribution in [3.63, 3.8) is 0 Å². The second kappa shape index (κ2) is 6.04. The van der Waals surface area contributed by atoms with Crippen molar-refractivity contribution >= 4 is 22.5 Å². The molecule has 1 aliphatic heterocycles. The lowest BCUT2D eigenvalue weighted by atomic mass is 10.00. The summed E-state index contributed by atoms with van der Waals surface area (Å²) in [5, 5.41) is 1.11. The topological polar surface area (TPSA) is 45.3 Å². The molecule has 1 aromatic heterocycles. The number of carbonyl (C=O) groups is 1. The van der Waals surface area contributed by atoms with Gasteiger partial charge >= 0.3 is 0 Å². The zero-order valence-corrected chi connectivity index (χ0v) is 13.7. The number of anilines is 1. The molecule has 0 unspecified atom stereocenters. The predicted octanol–water partition coefficient (Wildman–Crippen LogP) is 3.70. The van der Waals surface area contributed by atoms with Gasteiger partial charge in [0.15, 0.2) is 0 Å². The van der Waals surface area contributed by atoms with Crippen molar-refractivity contribution in [2.45, 2.75) is 19.3 Å². The number of para-hydroxylation sites is 2. The van der Waals surface area contributed by atoms with Gasteiger partial charge in [-0.3, -0.25) is 4.79 Å². The highest BCUT2D eigenvalue weighted by molar-refractivity contribution is 5.99. The molecular weight excluding hydrogens is 300 g/mol. The smallest absolute Gasteiger partial charge is 0.231 e. The molecule has 0 aliphatic carbocycles. The molecule has 2 aromatic carbocycles. The number of hydrogen-bond donors (Lipinski definition) is 1.